The van der Waals surface area contributed by atoms with Gasteiger partial charge in [0.25, 0.3) is 0 Å². The van der Waals surface area contributed by atoms with Crippen LogP contribution in [0.1, 0.15) is 26.3 Å². The van der Waals surface area contributed by atoms with E-state index in [1.54, 1.807) is 11.8 Å². The molecule has 0 atom stereocenters. The maximum atomic E-state index is 9.14. The van der Waals surface area contributed by atoms with Crippen molar-refractivity contribution in [1.82, 2.24) is 0 Å². The van der Waals surface area contributed by atoms with Crippen LogP contribution in [0.25, 0.3) is 0 Å². The lowest BCUT2D eigenvalue weighted by atomic mass is 10.2. The topological polar surface area (TPSA) is 35.8 Å². The van der Waals surface area contributed by atoms with E-state index >= 15 is 0 Å². The molecule has 0 bridgehead atoms. The van der Waals surface area contributed by atoms with Crippen molar-refractivity contribution in [2.45, 2.75) is 31.7 Å². The number of thioether (sulfide) groups is 1. The quantitative estimate of drug-likeness (QED) is 0.789. The van der Waals surface area contributed by atoms with Crippen molar-refractivity contribution in [3.05, 3.63) is 23.8 Å². The molecule has 80 valence electrons. The number of anilines is 1. The van der Waals surface area contributed by atoms with E-state index in [1.165, 1.54) is 0 Å². The van der Waals surface area contributed by atoms with Crippen molar-refractivity contribution in [3.8, 4) is 6.07 Å². The van der Waals surface area contributed by atoms with Gasteiger partial charge in [-0.1, -0.05) is 13.0 Å². The number of nitrogens with zero attached hydrogens (tertiary/aromatic N) is 1. The number of nitrogens with one attached hydrogen (secondary N) is 1. The Hall–Kier alpha value is -1.14. The van der Waals surface area contributed by atoms with Crippen LogP contribution in [0.5, 0.6) is 0 Å². The van der Waals surface area contributed by atoms with Gasteiger partial charge in [-0.05, 0) is 31.7 Å². The summed E-state index contributed by atoms with van der Waals surface area (Å²) in [4.78, 5) is 1.06. The monoisotopic (exact) mass is 220 g/mol. The summed E-state index contributed by atoms with van der Waals surface area (Å²) in [5, 5.41) is 12.4. The molecule has 0 saturated heterocycles. The summed E-state index contributed by atoms with van der Waals surface area (Å²) >= 11 is 1.71. The van der Waals surface area contributed by atoms with Gasteiger partial charge < -0.3 is 5.32 Å². The minimum atomic E-state index is 0.346. The van der Waals surface area contributed by atoms with E-state index in [2.05, 4.69) is 32.2 Å². The van der Waals surface area contributed by atoms with Gasteiger partial charge in [-0.3, -0.25) is 0 Å². The molecule has 0 amide bonds. The summed E-state index contributed by atoms with van der Waals surface area (Å²) in [6.07, 6.45) is 0. The highest BCUT2D eigenvalue weighted by Gasteiger charge is 2.08. The number of nitriles is 1. The van der Waals surface area contributed by atoms with Gasteiger partial charge in [-0.25, -0.2) is 0 Å². The molecule has 3 heteroatoms. The molecule has 1 N–H and O–H groups in total. The van der Waals surface area contributed by atoms with Crippen LogP contribution >= 0.6 is 11.8 Å². The minimum Gasteiger partial charge on any atom is -0.382 e. The molecule has 0 aliphatic carbocycles. The molecule has 2 nitrogen and oxygen atoms in total. The van der Waals surface area contributed by atoms with Crippen molar-refractivity contribution >= 4 is 17.4 Å². The van der Waals surface area contributed by atoms with Crippen LogP contribution in [-0.2, 0) is 0 Å². The van der Waals surface area contributed by atoms with Crippen LogP contribution in [0.2, 0.25) is 0 Å². The van der Waals surface area contributed by atoms with Gasteiger partial charge in [0, 0.05) is 10.9 Å². The predicted molar refractivity (Wildman–Crippen MR) is 66.3 cm³/mol. The Morgan fingerprint density at radius 2 is 2.20 bits per heavy atom. The van der Waals surface area contributed by atoms with Crippen LogP contribution in [-0.4, -0.2) is 11.8 Å². The summed E-state index contributed by atoms with van der Waals surface area (Å²) in [7, 11) is 0. The first-order chi connectivity index (χ1) is 7.19. The van der Waals surface area contributed by atoms with Gasteiger partial charge in [-0.15, -0.1) is 11.8 Å². The molecule has 1 aromatic rings. The molecule has 0 unspecified atom stereocenters. The zero-order valence-electron chi connectivity index (χ0n) is 9.37. The summed E-state index contributed by atoms with van der Waals surface area (Å²) in [6.45, 7) is 6.23. The maximum Gasteiger partial charge on any atom is 0.102 e. The normalized spacial score (nSPS) is 10.1. The second-order valence-electron chi connectivity index (χ2n) is 3.52. The van der Waals surface area contributed by atoms with Gasteiger partial charge in [-0.2, -0.15) is 5.26 Å². The van der Waals surface area contributed by atoms with Crippen LogP contribution in [0, 0.1) is 11.3 Å². The van der Waals surface area contributed by atoms with Gasteiger partial charge in [0.15, 0.2) is 0 Å². The van der Waals surface area contributed by atoms with E-state index in [4.69, 9.17) is 5.26 Å². The molecule has 1 rings (SSSR count). The van der Waals surface area contributed by atoms with Crippen molar-refractivity contribution in [3.63, 3.8) is 0 Å². The first-order valence-corrected chi connectivity index (χ1v) is 6.10. The average Bonchev–Trinajstić information content (AvgIpc) is 2.18. The number of rotatable bonds is 4. The molecular formula is C12H16N2S. The lowest BCUT2D eigenvalue weighted by molar-refractivity contribution is 0.897. The van der Waals surface area contributed by atoms with E-state index in [9.17, 15) is 0 Å². The van der Waals surface area contributed by atoms with Crippen molar-refractivity contribution < 1.29 is 0 Å². The first kappa shape index (κ1) is 11.9. The first-order valence-electron chi connectivity index (χ1n) is 5.11. The summed E-state index contributed by atoms with van der Waals surface area (Å²) in [5.74, 6) is 0.986. The number of hydrogen-bond acceptors (Lipinski definition) is 3. The van der Waals surface area contributed by atoms with Crippen LogP contribution in [0.4, 0.5) is 5.69 Å². The van der Waals surface area contributed by atoms with E-state index in [0.717, 1.165) is 21.9 Å². The Balaban J connectivity index is 3.06. The smallest absolute Gasteiger partial charge is 0.102 e. The molecular weight excluding hydrogens is 204 g/mol. The second kappa shape index (κ2) is 5.67. The highest BCUT2D eigenvalue weighted by Crippen LogP contribution is 2.28. The van der Waals surface area contributed by atoms with Crippen molar-refractivity contribution in [2.24, 2.45) is 0 Å². The fourth-order valence-corrected chi connectivity index (χ4v) is 2.14. The van der Waals surface area contributed by atoms with Gasteiger partial charge >= 0.3 is 0 Å². The Kier molecular flexibility index (Phi) is 4.51. The molecule has 0 aromatic heterocycles. The third-order valence-electron chi connectivity index (χ3n) is 1.88. The average molecular weight is 220 g/mol. The van der Waals surface area contributed by atoms with Crippen LogP contribution in [0.15, 0.2) is 23.1 Å². The van der Waals surface area contributed by atoms with Crippen molar-refractivity contribution in [1.29, 1.82) is 5.26 Å². The molecule has 1 aromatic carbocycles. The maximum absolute atomic E-state index is 9.14. The SMILES string of the molecule is CCSc1cccc(NC(C)C)c1C#N. The molecule has 0 aliphatic heterocycles. The van der Waals surface area contributed by atoms with Crippen LogP contribution in [0.3, 0.4) is 0 Å². The third-order valence-corrected chi connectivity index (χ3v) is 2.82. The molecule has 0 radical (unpaired) electrons. The highest BCUT2D eigenvalue weighted by molar-refractivity contribution is 7.99. The van der Waals surface area contributed by atoms with E-state index in [-0.39, 0.29) is 0 Å². The number of hydrogen-bond donors (Lipinski definition) is 1. The van der Waals surface area contributed by atoms with Gasteiger partial charge in [0.1, 0.15) is 6.07 Å². The fraction of sp³-hybridized carbons (Fsp3) is 0.417. The second-order valence-corrected chi connectivity index (χ2v) is 4.83. The Bertz CT molecular complexity index is 366. The Labute approximate surface area is 95.7 Å². The Morgan fingerprint density at radius 3 is 2.73 bits per heavy atom. The minimum absolute atomic E-state index is 0.346. The fourth-order valence-electron chi connectivity index (χ4n) is 1.35. The Morgan fingerprint density at radius 1 is 1.47 bits per heavy atom. The summed E-state index contributed by atoms with van der Waals surface area (Å²) in [5.41, 5.74) is 1.70. The lowest BCUT2D eigenvalue weighted by Gasteiger charge is -2.13. The molecule has 0 heterocycles. The standard InChI is InChI=1S/C12H16N2S/c1-4-15-12-7-5-6-11(10(12)8-13)14-9(2)3/h5-7,9,14H,4H2,1-3H3. The summed E-state index contributed by atoms with van der Waals surface area (Å²) in [6, 6.07) is 8.56. The third kappa shape index (κ3) is 3.17. The zero-order chi connectivity index (χ0) is 11.3. The van der Waals surface area contributed by atoms with Gasteiger partial charge in [0.2, 0.25) is 0 Å². The van der Waals surface area contributed by atoms with Crippen molar-refractivity contribution in [2.75, 3.05) is 11.1 Å². The summed E-state index contributed by atoms with van der Waals surface area (Å²) < 4.78 is 0. The molecule has 0 fully saturated rings. The highest BCUT2D eigenvalue weighted by atomic mass is 32.2. The van der Waals surface area contributed by atoms with Crippen LogP contribution < -0.4 is 5.32 Å². The molecule has 0 aliphatic rings. The molecule has 15 heavy (non-hydrogen) atoms. The van der Waals surface area contributed by atoms with E-state index < -0.39 is 0 Å². The lowest BCUT2D eigenvalue weighted by Crippen LogP contribution is -2.11. The zero-order valence-corrected chi connectivity index (χ0v) is 10.2. The predicted octanol–water partition coefficient (Wildman–Crippen LogP) is 3.49. The van der Waals surface area contributed by atoms with E-state index in [0.29, 0.717) is 6.04 Å². The van der Waals surface area contributed by atoms with Gasteiger partial charge in [0.05, 0.1) is 11.3 Å². The van der Waals surface area contributed by atoms with E-state index in [1.807, 2.05) is 18.2 Å². The number of benzene rings is 1. The largest absolute Gasteiger partial charge is 0.382 e. The molecule has 0 spiro atoms. The molecule has 0 saturated carbocycles.